The van der Waals surface area contributed by atoms with Crippen LogP contribution in [-0.4, -0.2) is 25.2 Å². The van der Waals surface area contributed by atoms with Crippen molar-refractivity contribution in [3.8, 4) is 0 Å². The molecular formula is C15H20N2O2S. The SMILES string of the molecule is O=S(=O)(NCCc1c[nH]c2ccccc12)C1CCCC1. The van der Waals surface area contributed by atoms with Crippen LogP contribution in [0.1, 0.15) is 31.2 Å². The molecule has 4 nitrogen and oxygen atoms in total. The third kappa shape index (κ3) is 2.74. The number of aromatic amines is 1. The van der Waals surface area contributed by atoms with E-state index in [0.29, 0.717) is 6.54 Å². The Hall–Kier alpha value is -1.33. The van der Waals surface area contributed by atoms with Crippen molar-refractivity contribution >= 4 is 20.9 Å². The van der Waals surface area contributed by atoms with E-state index >= 15 is 0 Å². The summed E-state index contributed by atoms with van der Waals surface area (Å²) in [6.07, 6.45) is 6.37. The zero-order valence-corrected chi connectivity index (χ0v) is 12.2. The van der Waals surface area contributed by atoms with Crippen LogP contribution >= 0.6 is 0 Å². The molecule has 1 aromatic heterocycles. The highest BCUT2D eigenvalue weighted by Gasteiger charge is 2.27. The lowest BCUT2D eigenvalue weighted by atomic mass is 10.1. The molecule has 1 aromatic carbocycles. The molecule has 2 N–H and O–H groups in total. The van der Waals surface area contributed by atoms with Crippen LogP contribution in [0.3, 0.4) is 0 Å². The van der Waals surface area contributed by atoms with Crippen molar-refractivity contribution in [1.29, 1.82) is 0 Å². The average molecular weight is 292 g/mol. The average Bonchev–Trinajstić information content (AvgIpc) is 3.08. The lowest BCUT2D eigenvalue weighted by molar-refractivity contribution is 0.565. The molecule has 0 aliphatic heterocycles. The van der Waals surface area contributed by atoms with Crippen molar-refractivity contribution in [2.24, 2.45) is 0 Å². The topological polar surface area (TPSA) is 62.0 Å². The number of H-pyrrole nitrogens is 1. The van der Waals surface area contributed by atoms with Crippen molar-refractivity contribution in [1.82, 2.24) is 9.71 Å². The molecule has 1 aliphatic rings. The summed E-state index contributed by atoms with van der Waals surface area (Å²) in [4.78, 5) is 3.21. The van der Waals surface area contributed by atoms with Gasteiger partial charge in [0.05, 0.1) is 5.25 Å². The van der Waals surface area contributed by atoms with E-state index in [-0.39, 0.29) is 5.25 Å². The number of sulfonamides is 1. The van der Waals surface area contributed by atoms with E-state index in [4.69, 9.17) is 0 Å². The summed E-state index contributed by atoms with van der Waals surface area (Å²) in [7, 11) is -3.13. The van der Waals surface area contributed by atoms with Crippen LogP contribution in [0.2, 0.25) is 0 Å². The Labute approximate surface area is 119 Å². The summed E-state index contributed by atoms with van der Waals surface area (Å²) in [6, 6.07) is 8.09. The Morgan fingerprint density at radius 3 is 2.75 bits per heavy atom. The summed E-state index contributed by atoms with van der Waals surface area (Å²) in [5.74, 6) is 0. The second-order valence-electron chi connectivity index (χ2n) is 5.46. The molecule has 0 amide bonds. The van der Waals surface area contributed by atoms with Crippen LogP contribution in [0, 0.1) is 0 Å². The largest absolute Gasteiger partial charge is 0.361 e. The van der Waals surface area contributed by atoms with E-state index in [2.05, 4.69) is 15.8 Å². The molecule has 0 radical (unpaired) electrons. The van der Waals surface area contributed by atoms with Gasteiger partial charge in [-0.15, -0.1) is 0 Å². The zero-order chi connectivity index (χ0) is 14.0. The molecule has 1 saturated carbocycles. The van der Waals surface area contributed by atoms with Crippen LogP contribution in [0.25, 0.3) is 10.9 Å². The molecule has 1 aliphatic carbocycles. The van der Waals surface area contributed by atoms with Gasteiger partial charge in [0.25, 0.3) is 0 Å². The number of benzene rings is 1. The fraction of sp³-hybridized carbons (Fsp3) is 0.467. The van der Waals surface area contributed by atoms with Crippen molar-refractivity contribution in [3.05, 3.63) is 36.0 Å². The van der Waals surface area contributed by atoms with E-state index in [9.17, 15) is 8.42 Å². The first-order valence-corrected chi connectivity index (χ1v) is 8.75. The van der Waals surface area contributed by atoms with Crippen LogP contribution in [-0.2, 0) is 16.4 Å². The third-order valence-corrected chi connectivity index (χ3v) is 6.07. The monoisotopic (exact) mass is 292 g/mol. The van der Waals surface area contributed by atoms with Gasteiger partial charge in [-0.05, 0) is 30.9 Å². The number of fused-ring (bicyclic) bond motifs is 1. The number of nitrogens with one attached hydrogen (secondary N) is 2. The molecule has 5 heteroatoms. The quantitative estimate of drug-likeness (QED) is 0.889. The number of aromatic nitrogens is 1. The molecule has 1 heterocycles. The highest BCUT2D eigenvalue weighted by atomic mass is 32.2. The fourth-order valence-electron chi connectivity index (χ4n) is 2.98. The van der Waals surface area contributed by atoms with E-state index in [1.54, 1.807) is 0 Å². The van der Waals surface area contributed by atoms with Gasteiger partial charge in [-0.25, -0.2) is 13.1 Å². The van der Waals surface area contributed by atoms with Crippen molar-refractivity contribution < 1.29 is 8.42 Å². The molecule has 108 valence electrons. The van der Waals surface area contributed by atoms with E-state index in [0.717, 1.165) is 43.2 Å². The molecular weight excluding hydrogens is 272 g/mol. The lowest BCUT2D eigenvalue weighted by Crippen LogP contribution is -2.34. The Kier molecular flexibility index (Phi) is 3.81. The number of hydrogen-bond acceptors (Lipinski definition) is 2. The van der Waals surface area contributed by atoms with Crippen molar-refractivity contribution in [2.45, 2.75) is 37.4 Å². The molecule has 0 bridgehead atoms. The van der Waals surface area contributed by atoms with E-state index in [1.165, 1.54) is 5.39 Å². The van der Waals surface area contributed by atoms with Crippen molar-refractivity contribution in [2.75, 3.05) is 6.54 Å². The van der Waals surface area contributed by atoms with Gasteiger partial charge in [-0.2, -0.15) is 0 Å². The van der Waals surface area contributed by atoms with E-state index < -0.39 is 10.0 Å². The Morgan fingerprint density at radius 1 is 1.20 bits per heavy atom. The van der Waals surface area contributed by atoms with Gasteiger partial charge in [-0.3, -0.25) is 0 Å². The Balaban J connectivity index is 1.62. The number of para-hydroxylation sites is 1. The Morgan fingerprint density at radius 2 is 1.95 bits per heavy atom. The minimum absolute atomic E-state index is 0.175. The lowest BCUT2D eigenvalue weighted by Gasteiger charge is -2.11. The smallest absolute Gasteiger partial charge is 0.214 e. The van der Waals surface area contributed by atoms with Crippen LogP contribution in [0.5, 0.6) is 0 Å². The van der Waals surface area contributed by atoms with Crippen LogP contribution in [0.15, 0.2) is 30.5 Å². The third-order valence-electron chi connectivity index (χ3n) is 4.11. The second kappa shape index (κ2) is 5.58. The van der Waals surface area contributed by atoms with Gasteiger partial charge < -0.3 is 4.98 Å². The molecule has 3 rings (SSSR count). The van der Waals surface area contributed by atoms with Gasteiger partial charge in [-0.1, -0.05) is 31.0 Å². The summed E-state index contributed by atoms with van der Waals surface area (Å²) in [5.41, 5.74) is 2.26. The fourth-order valence-corrected chi connectivity index (χ4v) is 4.56. The highest BCUT2D eigenvalue weighted by Crippen LogP contribution is 2.24. The molecule has 0 unspecified atom stereocenters. The molecule has 2 aromatic rings. The number of rotatable bonds is 5. The predicted octanol–water partition coefficient (Wildman–Crippen LogP) is 2.57. The number of hydrogen-bond donors (Lipinski definition) is 2. The van der Waals surface area contributed by atoms with Gasteiger partial charge >= 0.3 is 0 Å². The molecule has 0 spiro atoms. The van der Waals surface area contributed by atoms with Crippen LogP contribution in [0.4, 0.5) is 0 Å². The first kappa shape index (κ1) is 13.6. The maximum atomic E-state index is 12.1. The maximum Gasteiger partial charge on any atom is 0.214 e. The van der Waals surface area contributed by atoms with Crippen LogP contribution < -0.4 is 4.72 Å². The van der Waals surface area contributed by atoms with Gasteiger partial charge in [0.15, 0.2) is 0 Å². The summed E-state index contributed by atoms with van der Waals surface area (Å²) in [6.45, 7) is 0.473. The maximum absolute atomic E-state index is 12.1. The summed E-state index contributed by atoms with van der Waals surface area (Å²) in [5, 5.41) is 0.998. The molecule has 20 heavy (non-hydrogen) atoms. The molecule has 1 fully saturated rings. The Bertz CT molecular complexity index is 685. The summed E-state index contributed by atoms with van der Waals surface area (Å²) >= 11 is 0. The second-order valence-corrected chi connectivity index (χ2v) is 7.50. The zero-order valence-electron chi connectivity index (χ0n) is 11.4. The summed E-state index contributed by atoms with van der Waals surface area (Å²) < 4.78 is 27.0. The normalized spacial score (nSPS) is 17.0. The minimum atomic E-state index is -3.13. The first-order valence-electron chi connectivity index (χ1n) is 7.20. The minimum Gasteiger partial charge on any atom is -0.361 e. The molecule has 0 saturated heterocycles. The van der Waals surface area contributed by atoms with Gasteiger partial charge in [0.1, 0.15) is 0 Å². The first-order chi connectivity index (χ1) is 9.67. The molecule has 0 atom stereocenters. The highest BCUT2D eigenvalue weighted by molar-refractivity contribution is 7.90. The predicted molar refractivity (Wildman–Crippen MR) is 81.2 cm³/mol. The van der Waals surface area contributed by atoms with Gasteiger partial charge in [0.2, 0.25) is 10.0 Å². The van der Waals surface area contributed by atoms with E-state index in [1.807, 2.05) is 24.4 Å². The standard InChI is InChI=1S/C15H20N2O2S/c18-20(19,13-5-1-2-6-13)17-10-9-12-11-16-15-8-4-3-7-14(12)15/h3-4,7-8,11,13,16-17H,1-2,5-6,9-10H2. The van der Waals surface area contributed by atoms with Crippen molar-refractivity contribution in [3.63, 3.8) is 0 Å². The van der Waals surface area contributed by atoms with Gasteiger partial charge in [0, 0.05) is 23.6 Å².